The summed E-state index contributed by atoms with van der Waals surface area (Å²) in [6, 6.07) is 8.84. The highest BCUT2D eigenvalue weighted by Gasteiger charge is 2.17. The SMILES string of the molecule is Cc1ccc(-c2ccnc(-n3ncc(C(=O)NCc4ccc(F)c(F)c4)c3C)n2)o1. The average molecular weight is 409 g/mol. The summed E-state index contributed by atoms with van der Waals surface area (Å²) in [6.07, 6.45) is 2.99. The molecule has 0 unspecified atom stereocenters. The van der Waals surface area contributed by atoms with E-state index in [2.05, 4.69) is 20.4 Å². The van der Waals surface area contributed by atoms with Crippen LogP contribution in [0.25, 0.3) is 17.4 Å². The molecule has 0 aliphatic heterocycles. The van der Waals surface area contributed by atoms with Crippen LogP contribution in [0.4, 0.5) is 8.78 Å². The van der Waals surface area contributed by atoms with Gasteiger partial charge in [0.25, 0.3) is 11.9 Å². The topological polar surface area (TPSA) is 85.8 Å². The molecule has 0 aliphatic rings. The van der Waals surface area contributed by atoms with E-state index in [1.165, 1.54) is 16.9 Å². The Labute approximate surface area is 170 Å². The van der Waals surface area contributed by atoms with Gasteiger partial charge in [-0.1, -0.05) is 6.07 Å². The minimum atomic E-state index is -0.963. The number of rotatable bonds is 5. The first kappa shape index (κ1) is 19.4. The van der Waals surface area contributed by atoms with Gasteiger partial charge in [-0.05, 0) is 49.7 Å². The van der Waals surface area contributed by atoms with Gasteiger partial charge in [0.2, 0.25) is 0 Å². The molecule has 0 saturated heterocycles. The van der Waals surface area contributed by atoms with Gasteiger partial charge in [-0.2, -0.15) is 5.10 Å². The Hall–Kier alpha value is -3.88. The molecule has 3 heterocycles. The van der Waals surface area contributed by atoms with E-state index in [4.69, 9.17) is 4.42 Å². The first-order valence-electron chi connectivity index (χ1n) is 9.09. The lowest BCUT2D eigenvalue weighted by Crippen LogP contribution is -2.23. The molecule has 0 bridgehead atoms. The van der Waals surface area contributed by atoms with Gasteiger partial charge in [-0.25, -0.2) is 23.4 Å². The van der Waals surface area contributed by atoms with Crippen LogP contribution in [-0.4, -0.2) is 25.7 Å². The van der Waals surface area contributed by atoms with Gasteiger partial charge >= 0.3 is 0 Å². The van der Waals surface area contributed by atoms with Crippen LogP contribution >= 0.6 is 0 Å². The number of carbonyl (C=O) groups is 1. The molecule has 0 atom stereocenters. The highest BCUT2D eigenvalue weighted by molar-refractivity contribution is 5.95. The molecule has 4 rings (SSSR count). The van der Waals surface area contributed by atoms with Crippen molar-refractivity contribution in [3.8, 4) is 17.4 Å². The summed E-state index contributed by atoms with van der Waals surface area (Å²) < 4.78 is 33.4. The van der Waals surface area contributed by atoms with Crippen LogP contribution < -0.4 is 5.32 Å². The highest BCUT2D eigenvalue weighted by atomic mass is 19.2. The number of benzene rings is 1. The number of halogens is 2. The molecular formula is C21H17F2N5O2. The zero-order valence-corrected chi connectivity index (χ0v) is 16.2. The minimum Gasteiger partial charge on any atom is -0.460 e. The van der Waals surface area contributed by atoms with E-state index in [9.17, 15) is 13.6 Å². The lowest BCUT2D eigenvalue weighted by atomic mass is 10.2. The highest BCUT2D eigenvalue weighted by Crippen LogP contribution is 2.21. The molecule has 30 heavy (non-hydrogen) atoms. The Morgan fingerprint density at radius 3 is 2.70 bits per heavy atom. The van der Waals surface area contributed by atoms with Crippen LogP contribution in [0.3, 0.4) is 0 Å². The van der Waals surface area contributed by atoms with E-state index in [0.717, 1.165) is 17.9 Å². The molecule has 0 fully saturated rings. The van der Waals surface area contributed by atoms with Crippen molar-refractivity contribution in [1.82, 2.24) is 25.1 Å². The van der Waals surface area contributed by atoms with E-state index >= 15 is 0 Å². The molecule has 9 heteroatoms. The van der Waals surface area contributed by atoms with Crippen LogP contribution in [0.15, 0.2) is 53.2 Å². The number of nitrogens with one attached hydrogen (secondary N) is 1. The van der Waals surface area contributed by atoms with Gasteiger partial charge in [0.05, 0.1) is 17.5 Å². The molecule has 0 spiro atoms. The molecular weight excluding hydrogens is 392 g/mol. The summed E-state index contributed by atoms with van der Waals surface area (Å²) in [5.41, 5.74) is 1.88. The Morgan fingerprint density at radius 1 is 1.13 bits per heavy atom. The maximum Gasteiger partial charge on any atom is 0.255 e. The number of hydrogen-bond acceptors (Lipinski definition) is 5. The van der Waals surface area contributed by atoms with Crippen LogP contribution in [0, 0.1) is 25.5 Å². The number of hydrogen-bond donors (Lipinski definition) is 1. The largest absolute Gasteiger partial charge is 0.460 e. The zero-order chi connectivity index (χ0) is 21.3. The molecule has 3 aromatic heterocycles. The number of carbonyl (C=O) groups excluding carboxylic acids is 1. The standard InChI is InChI=1S/C21H17F2N5O2/c1-12-3-6-19(30-12)18-7-8-24-21(27-18)28-13(2)15(11-26-28)20(29)25-10-14-4-5-16(22)17(23)9-14/h3-9,11H,10H2,1-2H3,(H,25,29). The van der Waals surface area contributed by atoms with Crippen molar-refractivity contribution >= 4 is 5.91 Å². The van der Waals surface area contributed by atoms with E-state index in [-0.39, 0.29) is 6.54 Å². The molecule has 1 N–H and O–H groups in total. The molecule has 1 amide bonds. The van der Waals surface area contributed by atoms with Crippen LogP contribution in [-0.2, 0) is 6.54 Å². The summed E-state index contributed by atoms with van der Waals surface area (Å²) in [5.74, 6) is -0.644. The number of amides is 1. The maximum absolute atomic E-state index is 13.3. The van der Waals surface area contributed by atoms with Crippen molar-refractivity contribution in [3.63, 3.8) is 0 Å². The summed E-state index contributed by atoms with van der Waals surface area (Å²) in [4.78, 5) is 21.2. The van der Waals surface area contributed by atoms with Gasteiger partial charge in [-0.3, -0.25) is 4.79 Å². The molecule has 0 radical (unpaired) electrons. The fourth-order valence-corrected chi connectivity index (χ4v) is 2.92. The van der Waals surface area contributed by atoms with Crippen molar-refractivity contribution in [2.75, 3.05) is 0 Å². The Kier molecular flexibility index (Phi) is 5.09. The van der Waals surface area contributed by atoms with Crippen LogP contribution in [0.1, 0.15) is 27.4 Å². The summed E-state index contributed by atoms with van der Waals surface area (Å²) in [6.45, 7) is 3.60. The third kappa shape index (κ3) is 3.82. The number of aromatic nitrogens is 4. The second kappa shape index (κ2) is 7.86. The smallest absolute Gasteiger partial charge is 0.255 e. The third-order valence-corrected chi connectivity index (χ3v) is 4.52. The maximum atomic E-state index is 13.3. The second-order valence-corrected chi connectivity index (χ2v) is 6.64. The summed E-state index contributed by atoms with van der Waals surface area (Å²) in [7, 11) is 0. The van der Waals surface area contributed by atoms with Gasteiger partial charge in [0.15, 0.2) is 17.4 Å². The predicted octanol–water partition coefficient (Wildman–Crippen LogP) is 3.75. The third-order valence-electron chi connectivity index (χ3n) is 4.52. The second-order valence-electron chi connectivity index (χ2n) is 6.64. The van der Waals surface area contributed by atoms with E-state index in [0.29, 0.717) is 34.2 Å². The van der Waals surface area contributed by atoms with Crippen molar-refractivity contribution in [2.24, 2.45) is 0 Å². The van der Waals surface area contributed by atoms with Crippen molar-refractivity contribution in [1.29, 1.82) is 0 Å². The first-order valence-corrected chi connectivity index (χ1v) is 9.09. The Balaban J connectivity index is 1.53. The Morgan fingerprint density at radius 2 is 1.97 bits per heavy atom. The summed E-state index contributed by atoms with van der Waals surface area (Å²) in [5, 5.41) is 6.89. The monoisotopic (exact) mass is 409 g/mol. The zero-order valence-electron chi connectivity index (χ0n) is 16.2. The van der Waals surface area contributed by atoms with Crippen molar-refractivity contribution in [3.05, 3.63) is 83.0 Å². The molecule has 1 aromatic carbocycles. The van der Waals surface area contributed by atoms with Gasteiger partial charge in [-0.15, -0.1) is 0 Å². The number of furan rings is 1. The first-order chi connectivity index (χ1) is 14.4. The van der Waals surface area contributed by atoms with E-state index in [1.807, 2.05) is 19.1 Å². The Bertz CT molecular complexity index is 1230. The lowest BCUT2D eigenvalue weighted by molar-refractivity contribution is 0.0950. The summed E-state index contributed by atoms with van der Waals surface area (Å²) >= 11 is 0. The number of aryl methyl sites for hydroxylation is 1. The van der Waals surface area contributed by atoms with Crippen LogP contribution in [0.2, 0.25) is 0 Å². The normalized spacial score (nSPS) is 10.9. The lowest BCUT2D eigenvalue weighted by Gasteiger charge is -2.07. The van der Waals surface area contributed by atoms with Crippen LogP contribution in [0.5, 0.6) is 0 Å². The predicted molar refractivity (Wildman–Crippen MR) is 104 cm³/mol. The van der Waals surface area contributed by atoms with Crippen molar-refractivity contribution < 1.29 is 18.0 Å². The quantitative estimate of drug-likeness (QED) is 0.543. The molecule has 7 nitrogen and oxygen atoms in total. The van der Waals surface area contributed by atoms with E-state index in [1.54, 1.807) is 19.2 Å². The van der Waals surface area contributed by atoms with Gasteiger partial charge in [0, 0.05) is 12.7 Å². The van der Waals surface area contributed by atoms with Crippen molar-refractivity contribution in [2.45, 2.75) is 20.4 Å². The minimum absolute atomic E-state index is 0.0461. The average Bonchev–Trinajstić information content (AvgIpc) is 3.34. The molecule has 4 aromatic rings. The van der Waals surface area contributed by atoms with E-state index < -0.39 is 17.5 Å². The fourth-order valence-electron chi connectivity index (χ4n) is 2.92. The molecule has 0 saturated carbocycles. The fraction of sp³-hybridized carbons (Fsp3) is 0.143. The number of nitrogens with zero attached hydrogens (tertiary/aromatic N) is 4. The molecule has 152 valence electrons. The molecule has 0 aliphatic carbocycles. The van der Waals surface area contributed by atoms with Gasteiger partial charge in [0.1, 0.15) is 11.5 Å². The van der Waals surface area contributed by atoms with Gasteiger partial charge < -0.3 is 9.73 Å².